The van der Waals surface area contributed by atoms with Crippen molar-refractivity contribution in [1.82, 2.24) is 15.2 Å². The standard InChI is InChI=1S/C11H12N4O2/c1-15(7-10(16)17-2)11-12-8-5-3-4-6-9(8)13-14-11/h3-6H,7H2,1-2H3. The van der Waals surface area contributed by atoms with Crippen molar-refractivity contribution in [2.75, 3.05) is 25.6 Å². The number of carbonyl (C=O) groups is 1. The number of ether oxygens (including phenoxy) is 1. The second-order valence-corrected chi connectivity index (χ2v) is 3.53. The van der Waals surface area contributed by atoms with E-state index in [4.69, 9.17) is 0 Å². The van der Waals surface area contributed by atoms with Gasteiger partial charge in [0.15, 0.2) is 0 Å². The zero-order valence-corrected chi connectivity index (χ0v) is 9.62. The Bertz CT molecular complexity index is 544. The smallest absolute Gasteiger partial charge is 0.325 e. The number of anilines is 1. The van der Waals surface area contributed by atoms with Gasteiger partial charge in [-0.25, -0.2) is 4.98 Å². The van der Waals surface area contributed by atoms with Gasteiger partial charge in [-0.05, 0) is 12.1 Å². The molecule has 0 radical (unpaired) electrons. The summed E-state index contributed by atoms with van der Waals surface area (Å²) >= 11 is 0. The minimum Gasteiger partial charge on any atom is -0.468 e. The first-order valence-electron chi connectivity index (χ1n) is 5.08. The van der Waals surface area contributed by atoms with Gasteiger partial charge in [-0.3, -0.25) is 4.79 Å². The van der Waals surface area contributed by atoms with E-state index in [1.54, 1.807) is 11.9 Å². The number of likely N-dealkylation sites (N-methyl/N-ethyl adjacent to an activating group) is 1. The fourth-order valence-electron chi connectivity index (χ4n) is 1.36. The molecule has 88 valence electrons. The van der Waals surface area contributed by atoms with E-state index < -0.39 is 0 Å². The van der Waals surface area contributed by atoms with Crippen LogP contribution in [0.15, 0.2) is 24.3 Å². The molecular weight excluding hydrogens is 220 g/mol. The molecule has 0 unspecified atom stereocenters. The summed E-state index contributed by atoms with van der Waals surface area (Å²) in [6.07, 6.45) is 0. The lowest BCUT2D eigenvalue weighted by molar-refractivity contribution is -0.138. The van der Waals surface area contributed by atoms with Gasteiger partial charge in [0.05, 0.1) is 12.6 Å². The summed E-state index contributed by atoms with van der Waals surface area (Å²) in [6, 6.07) is 7.43. The number of para-hydroxylation sites is 1. The molecule has 0 spiro atoms. The Hall–Kier alpha value is -2.24. The Morgan fingerprint density at radius 1 is 1.29 bits per heavy atom. The van der Waals surface area contributed by atoms with Crippen molar-refractivity contribution >= 4 is 23.0 Å². The van der Waals surface area contributed by atoms with Crippen LogP contribution in [0.5, 0.6) is 0 Å². The molecule has 0 bridgehead atoms. The highest BCUT2D eigenvalue weighted by Gasteiger charge is 2.10. The molecule has 0 N–H and O–H groups in total. The highest BCUT2D eigenvalue weighted by atomic mass is 16.5. The van der Waals surface area contributed by atoms with E-state index in [0.717, 1.165) is 11.0 Å². The Morgan fingerprint density at radius 2 is 2.00 bits per heavy atom. The van der Waals surface area contributed by atoms with Crippen molar-refractivity contribution in [2.45, 2.75) is 0 Å². The first kappa shape index (κ1) is 11.3. The van der Waals surface area contributed by atoms with Crippen LogP contribution >= 0.6 is 0 Å². The Labute approximate surface area is 98.2 Å². The topological polar surface area (TPSA) is 68.2 Å². The molecule has 0 amide bonds. The minimum atomic E-state index is -0.343. The third-order valence-electron chi connectivity index (χ3n) is 2.28. The Balaban J connectivity index is 2.26. The zero-order chi connectivity index (χ0) is 12.3. The molecule has 2 rings (SSSR count). The van der Waals surface area contributed by atoms with E-state index in [1.165, 1.54) is 7.11 Å². The minimum absolute atomic E-state index is 0.0938. The third-order valence-corrected chi connectivity index (χ3v) is 2.28. The number of rotatable bonds is 3. The predicted molar refractivity (Wildman–Crippen MR) is 62.6 cm³/mol. The van der Waals surface area contributed by atoms with Crippen molar-refractivity contribution in [3.8, 4) is 0 Å². The highest BCUT2D eigenvalue weighted by molar-refractivity contribution is 5.76. The average molecular weight is 232 g/mol. The molecule has 2 aromatic rings. The first-order valence-corrected chi connectivity index (χ1v) is 5.08. The van der Waals surface area contributed by atoms with Crippen LogP contribution < -0.4 is 4.90 Å². The van der Waals surface area contributed by atoms with E-state index in [1.807, 2.05) is 24.3 Å². The maximum absolute atomic E-state index is 11.1. The maximum atomic E-state index is 11.1. The lowest BCUT2D eigenvalue weighted by Gasteiger charge is -2.14. The predicted octanol–water partition coefficient (Wildman–Crippen LogP) is 0.634. The van der Waals surface area contributed by atoms with Crippen LogP contribution in [-0.2, 0) is 9.53 Å². The molecule has 0 atom stereocenters. The van der Waals surface area contributed by atoms with Crippen molar-refractivity contribution in [3.63, 3.8) is 0 Å². The molecule has 1 heterocycles. The van der Waals surface area contributed by atoms with Crippen LogP contribution in [0.25, 0.3) is 11.0 Å². The van der Waals surface area contributed by atoms with E-state index in [-0.39, 0.29) is 12.5 Å². The van der Waals surface area contributed by atoms with Crippen LogP contribution in [0.3, 0.4) is 0 Å². The number of benzene rings is 1. The fourth-order valence-corrected chi connectivity index (χ4v) is 1.36. The van der Waals surface area contributed by atoms with Gasteiger partial charge >= 0.3 is 5.97 Å². The number of methoxy groups -OCH3 is 1. The van der Waals surface area contributed by atoms with Gasteiger partial charge in [0.2, 0.25) is 5.95 Å². The molecule has 0 aliphatic carbocycles. The molecule has 17 heavy (non-hydrogen) atoms. The largest absolute Gasteiger partial charge is 0.468 e. The number of nitrogens with zero attached hydrogens (tertiary/aromatic N) is 4. The zero-order valence-electron chi connectivity index (χ0n) is 9.62. The fraction of sp³-hybridized carbons (Fsp3) is 0.273. The van der Waals surface area contributed by atoms with E-state index in [9.17, 15) is 4.79 Å². The lowest BCUT2D eigenvalue weighted by Crippen LogP contribution is -2.28. The summed E-state index contributed by atoms with van der Waals surface area (Å²) in [6.45, 7) is 0.0938. The van der Waals surface area contributed by atoms with Gasteiger partial charge in [-0.1, -0.05) is 12.1 Å². The van der Waals surface area contributed by atoms with Crippen molar-refractivity contribution in [1.29, 1.82) is 0 Å². The van der Waals surface area contributed by atoms with Crippen LogP contribution in [-0.4, -0.2) is 41.9 Å². The molecule has 1 aromatic carbocycles. The van der Waals surface area contributed by atoms with Crippen LogP contribution in [0.1, 0.15) is 0 Å². The molecule has 0 saturated heterocycles. The number of hydrogen-bond donors (Lipinski definition) is 0. The summed E-state index contributed by atoms with van der Waals surface area (Å²) in [5, 5.41) is 7.98. The van der Waals surface area contributed by atoms with Crippen LogP contribution in [0.2, 0.25) is 0 Å². The molecule has 0 aliphatic heterocycles. The summed E-state index contributed by atoms with van der Waals surface area (Å²) in [5.74, 6) is 0.0540. The average Bonchev–Trinajstić information content (AvgIpc) is 2.38. The van der Waals surface area contributed by atoms with Gasteiger partial charge in [0, 0.05) is 7.05 Å². The van der Waals surface area contributed by atoms with E-state index >= 15 is 0 Å². The second-order valence-electron chi connectivity index (χ2n) is 3.53. The van der Waals surface area contributed by atoms with Crippen LogP contribution in [0, 0.1) is 0 Å². The normalized spacial score (nSPS) is 10.2. The molecule has 1 aromatic heterocycles. The number of fused-ring (bicyclic) bond motifs is 1. The monoisotopic (exact) mass is 232 g/mol. The van der Waals surface area contributed by atoms with Gasteiger partial charge in [-0.2, -0.15) is 0 Å². The Kier molecular flexibility index (Phi) is 3.13. The van der Waals surface area contributed by atoms with Gasteiger partial charge in [0.25, 0.3) is 0 Å². The molecule has 0 aliphatic rings. The van der Waals surface area contributed by atoms with Crippen molar-refractivity contribution in [3.05, 3.63) is 24.3 Å². The summed E-state index contributed by atoms with van der Waals surface area (Å²) < 4.78 is 4.57. The SMILES string of the molecule is COC(=O)CN(C)c1nnc2ccccc2n1. The number of hydrogen-bond acceptors (Lipinski definition) is 6. The molecule has 6 nitrogen and oxygen atoms in total. The van der Waals surface area contributed by atoms with Gasteiger partial charge < -0.3 is 9.64 Å². The molecule has 6 heteroatoms. The Morgan fingerprint density at radius 3 is 2.71 bits per heavy atom. The van der Waals surface area contributed by atoms with Crippen molar-refractivity contribution in [2.24, 2.45) is 0 Å². The summed E-state index contributed by atoms with van der Waals surface area (Å²) in [7, 11) is 3.05. The highest BCUT2D eigenvalue weighted by Crippen LogP contribution is 2.10. The van der Waals surface area contributed by atoms with Gasteiger partial charge in [0.1, 0.15) is 12.1 Å². The first-order chi connectivity index (χ1) is 8.20. The third kappa shape index (κ3) is 2.47. The van der Waals surface area contributed by atoms with Gasteiger partial charge in [-0.15, -0.1) is 10.2 Å². The van der Waals surface area contributed by atoms with Crippen LogP contribution in [0.4, 0.5) is 5.95 Å². The number of aromatic nitrogens is 3. The second kappa shape index (κ2) is 4.73. The van der Waals surface area contributed by atoms with E-state index in [0.29, 0.717) is 5.95 Å². The van der Waals surface area contributed by atoms with Crippen molar-refractivity contribution < 1.29 is 9.53 Å². The quantitative estimate of drug-likeness (QED) is 0.723. The summed E-state index contributed by atoms with van der Waals surface area (Å²) in [4.78, 5) is 17.0. The molecule has 0 fully saturated rings. The summed E-state index contributed by atoms with van der Waals surface area (Å²) in [5.41, 5.74) is 1.47. The van der Waals surface area contributed by atoms with E-state index in [2.05, 4.69) is 19.9 Å². The molecular formula is C11H12N4O2. The molecule has 0 saturated carbocycles. The number of carbonyl (C=O) groups excluding carboxylic acids is 1. The lowest BCUT2D eigenvalue weighted by atomic mass is 10.3. The maximum Gasteiger partial charge on any atom is 0.325 e. The number of esters is 1.